The number of nitrogens with zero attached hydrogens (tertiary/aromatic N) is 3. The minimum absolute atomic E-state index is 0.0565. The van der Waals surface area contributed by atoms with Gasteiger partial charge in [0.05, 0.1) is 16.6 Å². The van der Waals surface area contributed by atoms with Gasteiger partial charge in [-0.25, -0.2) is 4.68 Å². The monoisotopic (exact) mass is 403 g/mol. The standard InChI is InChI=1S/C22H21N5OS/c23-14-17-18(26-27(21(17)24)16-8-2-1-3-9-16)10-6-12-25-22(28)20-13-15-7-4-5-11-19(15)29-20/h1-5,7-9,11,20H,6,10,12-13,24H2,(H,25,28). The number of carbonyl (C=O) groups is 1. The molecule has 0 saturated heterocycles. The lowest BCUT2D eigenvalue weighted by Gasteiger charge is -2.09. The Morgan fingerprint density at radius 3 is 2.76 bits per heavy atom. The molecule has 1 atom stereocenters. The first kappa shape index (κ1) is 19.1. The van der Waals surface area contributed by atoms with Gasteiger partial charge in [0.15, 0.2) is 0 Å². The van der Waals surface area contributed by atoms with Crippen molar-refractivity contribution in [2.45, 2.75) is 29.4 Å². The smallest absolute Gasteiger partial charge is 0.233 e. The van der Waals surface area contributed by atoms with Crippen LogP contribution in [0.15, 0.2) is 59.5 Å². The van der Waals surface area contributed by atoms with E-state index < -0.39 is 0 Å². The van der Waals surface area contributed by atoms with Crippen LogP contribution in [0.25, 0.3) is 5.69 Å². The Bertz CT molecular complexity index is 1050. The molecule has 7 heteroatoms. The summed E-state index contributed by atoms with van der Waals surface area (Å²) in [6.07, 6.45) is 2.03. The number of para-hydroxylation sites is 1. The number of thioether (sulfide) groups is 1. The topological polar surface area (TPSA) is 96.7 Å². The number of nitrogens with two attached hydrogens (primary N) is 1. The minimum Gasteiger partial charge on any atom is -0.382 e. The number of benzene rings is 2. The highest BCUT2D eigenvalue weighted by atomic mass is 32.2. The van der Waals surface area contributed by atoms with Crippen molar-refractivity contribution in [1.82, 2.24) is 15.1 Å². The molecule has 3 N–H and O–H groups in total. The van der Waals surface area contributed by atoms with Gasteiger partial charge < -0.3 is 11.1 Å². The molecular weight excluding hydrogens is 382 g/mol. The maximum Gasteiger partial charge on any atom is 0.233 e. The van der Waals surface area contributed by atoms with Crippen molar-refractivity contribution in [2.24, 2.45) is 0 Å². The summed E-state index contributed by atoms with van der Waals surface area (Å²) in [5.74, 6) is 0.402. The van der Waals surface area contributed by atoms with Gasteiger partial charge in [0.1, 0.15) is 17.5 Å². The zero-order valence-corrected chi connectivity index (χ0v) is 16.7. The first-order valence-electron chi connectivity index (χ1n) is 9.52. The molecule has 0 fully saturated rings. The van der Waals surface area contributed by atoms with Gasteiger partial charge in [0, 0.05) is 11.4 Å². The number of nitriles is 1. The summed E-state index contributed by atoms with van der Waals surface area (Å²) < 4.78 is 1.60. The number of rotatable bonds is 6. The summed E-state index contributed by atoms with van der Waals surface area (Å²) in [4.78, 5) is 13.7. The van der Waals surface area contributed by atoms with Gasteiger partial charge in [0.2, 0.25) is 5.91 Å². The summed E-state index contributed by atoms with van der Waals surface area (Å²) in [5, 5.41) is 16.9. The van der Waals surface area contributed by atoms with Crippen molar-refractivity contribution < 1.29 is 4.79 Å². The molecule has 1 aliphatic rings. The Kier molecular flexibility index (Phi) is 5.54. The molecule has 146 valence electrons. The Morgan fingerprint density at radius 1 is 1.24 bits per heavy atom. The van der Waals surface area contributed by atoms with Gasteiger partial charge in [-0.05, 0) is 43.0 Å². The fourth-order valence-electron chi connectivity index (χ4n) is 3.45. The van der Waals surface area contributed by atoms with Crippen LogP contribution in [0.2, 0.25) is 0 Å². The van der Waals surface area contributed by atoms with E-state index >= 15 is 0 Å². The molecule has 2 aromatic carbocycles. The van der Waals surface area contributed by atoms with Crippen LogP contribution in [0, 0.1) is 11.3 Å². The van der Waals surface area contributed by atoms with Gasteiger partial charge in [-0.2, -0.15) is 10.4 Å². The molecule has 1 aromatic heterocycles. The predicted octanol–water partition coefficient (Wildman–Crippen LogP) is 3.09. The van der Waals surface area contributed by atoms with E-state index in [2.05, 4.69) is 28.6 Å². The van der Waals surface area contributed by atoms with E-state index in [1.165, 1.54) is 10.5 Å². The molecule has 3 aromatic rings. The summed E-state index contributed by atoms with van der Waals surface area (Å²) >= 11 is 1.62. The Hall–Kier alpha value is -3.24. The lowest BCUT2D eigenvalue weighted by Crippen LogP contribution is -2.33. The van der Waals surface area contributed by atoms with Gasteiger partial charge in [-0.1, -0.05) is 36.4 Å². The molecule has 0 saturated carbocycles. The fraction of sp³-hybridized carbons (Fsp3) is 0.227. The minimum atomic E-state index is -0.0741. The highest BCUT2D eigenvalue weighted by molar-refractivity contribution is 8.01. The molecule has 1 amide bonds. The molecule has 0 spiro atoms. The van der Waals surface area contributed by atoms with Crippen LogP contribution in [0.3, 0.4) is 0 Å². The summed E-state index contributed by atoms with van der Waals surface area (Å²) in [6.45, 7) is 0.537. The second-order valence-electron chi connectivity index (χ2n) is 6.88. The quantitative estimate of drug-likeness (QED) is 0.617. The number of anilines is 1. The van der Waals surface area contributed by atoms with Gasteiger partial charge >= 0.3 is 0 Å². The third-order valence-electron chi connectivity index (χ3n) is 4.94. The Labute approximate surface area is 173 Å². The van der Waals surface area contributed by atoms with Crippen molar-refractivity contribution >= 4 is 23.5 Å². The van der Waals surface area contributed by atoms with Crippen LogP contribution >= 0.6 is 11.8 Å². The van der Waals surface area contributed by atoms with Crippen molar-refractivity contribution in [3.63, 3.8) is 0 Å². The van der Waals surface area contributed by atoms with E-state index in [0.717, 1.165) is 12.1 Å². The van der Waals surface area contributed by atoms with Gasteiger partial charge in [-0.15, -0.1) is 11.8 Å². The first-order valence-corrected chi connectivity index (χ1v) is 10.4. The van der Waals surface area contributed by atoms with Crippen molar-refractivity contribution in [1.29, 1.82) is 5.26 Å². The molecular formula is C22H21N5OS. The average Bonchev–Trinajstić information content (AvgIpc) is 3.32. The van der Waals surface area contributed by atoms with Crippen LogP contribution in [0.1, 0.15) is 23.2 Å². The Balaban J connectivity index is 1.33. The van der Waals surface area contributed by atoms with Crippen molar-refractivity contribution in [3.8, 4) is 11.8 Å². The number of carbonyl (C=O) groups excluding carboxylic acids is 1. The second kappa shape index (κ2) is 8.41. The van der Waals surface area contributed by atoms with E-state index in [1.54, 1.807) is 16.4 Å². The van der Waals surface area contributed by atoms with E-state index in [-0.39, 0.29) is 11.2 Å². The number of amides is 1. The van der Waals surface area contributed by atoms with E-state index in [4.69, 9.17) is 5.73 Å². The molecule has 0 radical (unpaired) electrons. The first-order chi connectivity index (χ1) is 14.2. The second-order valence-corrected chi connectivity index (χ2v) is 8.12. The van der Waals surface area contributed by atoms with E-state index in [9.17, 15) is 10.1 Å². The zero-order chi connectivity index (χ0) is 20.2. The third-order valence-corrected chi connectivity index (χ3v) is 6.25. The number of aromatic nitrogens is 2. The van der Waals surface area contributed by atoms with Crippen molar-refractivity contribution in [3.05, 3.63) is 71.4 Å². The summed E-state index contributed by atoms with van der Waals surface area (Å²) in [6, 6.07) is 19.8. The number of aryl methyl sites for hydroxylation is 1. The molecule has 4 rings (SSSR count). The molecule has 29 heavy (non-hydrogen) atoms. The molecule has 0 bridgehead atoms. The number of hydrogen-bond donors (Lipinski definition) is 2. The van der Waals surface area contributed by atoms with Crippen LogP contribution in [-0.2, 0) is 17.6 Å². The highest BCUT2D eigenvalue weighted by Crippen LogP contribution is 2.36. The lowest BCUT2D eigenvalue weighted by atomic mass is 10.1. The van der Waals surface area contributed by atoms with Crippen LogP contribution in [0.5, 0.6) is 0 Å². The maximum absolute atomic E-state index is 12.5. The van der Waals surface area contributed by atoms with Crippen LogP contribution in [-0.4, -0.2) is 27.5 Å². The number of nitrogens with one attached hydrogen (secondary N) is 1. The lowest BCUT2D eigenvalue weighted by molar-refractivity contribution is -0.120. The molecule has 0 aliphatic carbocycles. The maximum atomic E-state index is 12.5. The van der Waals surface area contributed by atoms with Gasteiger partial charge in [-0.3, -0.25) is 4.79 Å². The van der Waals surface area contributed by atoms with Crippen molar-refractivity contribution in [2.75, 3.05) is 12.3 Å². The molecule has 1 unspecified atom stereocenters. The average molecular weight is 404 g/mol. The number of fused-ring (bicyclic) bond motifs is 1. The SMILES string of the molecule is N#Cc1c(CCCNC(=O)C2Cc3ccccc3S2)nn(-c2ccccc2)c1N. The van der Waals surface area contributed by atoms with E-state index in [1.807, 2.05) is 42.5 Å². The number of hydrogen-bond acceptors (Lipinski definition) is 5. The van der Waals surface area contributed by atoms with E-state index in [0.29, 0.717) is 36.5 Å². The molecule has 1 aliphatic heterocycles. The van der Waals surface area contributed by atoms with Crippen LogP contribution in [0.4, 0.5) is 5.82 Å². The van der Waals surface area contributed by atoms with Crippen LogP contribution < -0.4 is 11.1 Å². The highest BCUT2D eigenvalue weighted by Gasteiger charge is 2.27. The summed E-state index contributed by atoms with van der Waals surface area (Å²) in [7, 11) is 0. The largest absolute Gasteiger partial charge is 0.382 e. The number of nitrogen functional groups attached to an aromatic ring is 1. The Morgan fingerprint density at radius 2 is 2.00 bits per heavy atom. The zero-order valence-electron chi connectivity index (χ0n) is 15.8. The normalized spacial score (nSPS) is 14.9. The van der Waals surface area contributed by atoms with Gasteiger partial charge in [0.25, 0.3) is 0 Å². The molecule has 2 heterocycles. The fourth-order valence-corrected chi connectivity index (χ4v) is 4.67. The third kappa shape index (κ3) is 3.98. The summed E-state index contributed by atoms with van der Waals surface area (Å²) in [5.41, 5.74) is 9.24. The molecule has 6 nitrogen and oxygen atoms in total. The predicted molar refractivity (Wildman–Crippen MR) is 114 cm³/mol.